The van der Waals surface area contributed by atoms with Crippen molar-refractivity contribution in [3.63, 3.8) is 0 Å². The van der Waals surface area contributed by atoms with Gasteiger partial charge in [-0.2, -0.15) is 0 Å². The molecular weight excluding hydrogens is 405 g/mol. The molecule has 0 unspecified atom stereocenters. The molecule has 1 aromatic heterocycles. The van der Waals surface area contributed by atoms with Crippen molar-refractivity contribution in [2.75, 3.05) is 13.2 Å². The van der Waals surface area contributed by atoms with Crippen LogP contribution in [-0.4, -0.2) is 22.4 Å². The topological polar surface area (TPSA) is 61.6 Å². The third-order valence-corrected chi connectivity index (χ3v) is 5.66. The highest BCUT2D eigenvalue weighted by molar-refractivity contribution is 7.83. The maximum Gasteiger partial charge on any atom is 0.207 e. The number of ether oxygens (including phenoxy) is 2. The zero-order chi connectivity index (χ0) is 19.5. The molecule has 0 fully saturated rings. The third kappa shape index (κ3) is 4.36. The Balaban J connectivity index is 1.44. The molecule has 5 nitrogen and oxygen atoms in total. The van der Waals surface area contributed by atoms with Crippen molar-refractivity contribution in [2.45, 2.75) is 17.9 Å². The molecule has 8 heteroatoms. The van der Waals surface area contributed by atoms with E-state index in [1.165, 1.54) is 12.1 Å². The summed E-state index contributed by atoms with van der Waals surface area (Å²) < 4.78 is 42.5. The molecule has 28 heavy (non-hydrogen) atoms. The summed E-state index contributed by atoms with van der Waals surface area (Å²) in [6, 6.07) is 9.47. The lowest BCUT2D eigenvalue weighted by Crippen LogP contribution is -2.01. The van der Waals surface area contributed by atoms with Crippen LogP contribution in [0.25, 0.3) is 11.3 Å². The van der Waals surface area contributed by atoms with Crippen LogP contribution in [0.5, 0.6) is 11.5 Å². The number of halogens is 2. The number of oxazole rings is 1. The third-order valence-electron chi connectivity index (χ3n) is 4.16. The van der Waals surface area contributed by atoms with Crippen LogP contribution in [0, 0.1) is 5.82 Å². The lowest BCUT2D eigenvalue weighted by atomic mass is 10.2. The van der Waals surface area contributed by atoms with Gasteiger partial charge in [-0.15, -0.1) is 0 Å². The molecule has 0 spiro atoms. The zero-order valence-corrected chi connectivity index (χ0v) is 16.4. The second kappa shape index (κ2) is 8.32. The minimum Gasteiger partial charge on any atom is -0.489 e. The summed E-state index contributed by atoms with van der Waals surface area (Å²) in [5.41, 5.74) is 1.50. The predicted octanol–water partition coefficient (Wildman–Crippen LogP) is 4.74. The summed E-state index contributed by atoms with van der Waals surface area (Å²) >= 11 is 6.28. The second-order valence-corrected chi connectivity index (χ2v) is 8.17. The molecule has 0 amide bonds. The van der Waals surface area contributed by atoms with Gasteiger partial charge in [0.1, 0.15) is 11.6 Å². The Labute approximate surface area is 168 Å². The van der Waals surface area contributed by atoms with Crippen LogP contribution in [0.1, 0.15) is 17.9 Å². The van der Waals surface area contributed by atoms with E-state index in [1.54, 1.807) is 24.4 Å². The van der Waals surface area contributed by atoms with Crippen molar-refractivity contribution in [3.05, 3.63) is 64.9 Å². The number of hydrogen-bond donors (Lipinski definition) is 0. The largest absolute Gasteiger partial charge is 0.489 e. The molecule has 1 atom stereocenters. The fourth-order valence-corrected chi connectivity index (χ4v) is 4.20. The van der Waals surface area contributed by atoms with E-state index in [2.05, 4.69) is 4.98 Å². The first-order valence-corrected chi connectivity index (χ1v) is 10.6. The molecular formula is C20H17ClFNO4S. The van der Waals surface area contributed by atoms with Crippen LogP contribution in [0.3, 0.4) is 0 Å². The van der Waals surface area contributed by atoms with E-state index in [9.17, 15) is 8.60 Å². The Morgan fingerprint density at radius 3 is 2.71 bits per heavy atom. The highest BCUT2D eigenvalue weighted by atomic mass is 35.5. The first-order valence-electron chi connectivity index (χ1n) is 8.72. The fraction of sp³-hybridized carbons (Fsp3) is 0.250. The molecule has 0 radical (unpaired) electrons. The Morgan fingerprint density at radius 1 is 1.11 bits per heavy atom. The number of rotatable bonds is 5. The van der Waals surface area contributed by atoms with Crippen LogP contribution in [0.4, 0.5) is 4.39 Å². The van der Waals surface area contributed by atoms with Crippen molar-refractivity contribution in [2.24, 2.45) is 0 Å². The molecule has 2 heterocycles. The predicted molar refractivity (Wildman–Crippen MR) is 105 cm³/mol. The average Bonchev–Trinajstić information content (AvgIpc) is 2.98. The van der Waals surface area contributed by atoms with E-state index in [0.717, 1.165) is 12.0 Å². The van der Waals surface area contributed by atoms with E-state index >= 15 is 0 Å². The monoisotopic (exact) mass is 421 g/mol. The molecule has 1 aliphatic heterocycles. The maximum atomic E-state index is 13.0. The summed E-state index contributed by atoms with van der Waals surface area (Å²) in [4.78, 5) is 4.17. The summed E-state index contributed by atoms with van der Waals surface area (Å²) in [7, 11) is -1.25. The molecule has 0 saturated heterocycles. The Kier molecular flexibility index (Phi) is 5.64. The van der Waals surface area contributed by atoms with E-state index < -0.39 is 10.8 Å². The molecule has 0 N–H and O–H groups in total. The van der Waals surface area contributed by atoms with E-state index in [0.29, 0.717) is 46.9 Å². The Hall–Kier alpha value is -2.38. The van der Waals surface area contributed by atoms with E-state index in [4.69, 9.17) is 25.5 Å². The first-order chi connectivity index (χ1) is 13.6. The van der Waals surface area contributed by atoms with Crippen LogP contribution in [0.2, 0.25) is 5.02 Å². The van der Waals surface area contributed by atoms with Crippen LogP contribution >= 0.6 is 11.6 Å². The zero-order valence-electron chi connectivity index (χ0n) is 14.8. The molecule has 0 saturated carbocycles. The van der Waals surface area contributed by atoms with Gasteiger partial charge in [0.15, 0.2) is 17.3 Å². The number of fused-ring (bicyclic) bond motifs is 1. The summed E-state index contributed by atoms with van der Waals surface area (Å²) in [6.45, 7) is 1.11. The highest BCUT2D eigenvalue weighted by Crippen LogP contribution is 2.38. The summed E-state index contributed by atoms with van der Waals surface area (Å²) in [6.07, 6.45) is 2.33. The molecule has 1 aliphatic rings. The lowest BCUT2D eigenvalue weighted by molar-refractivity contribution is 0.297. The van der Waals surface area contributed by atoms with Crippen LogP contribution in [0.15, 0.2) is 47.0 Å². The number of hydrogen-bond acceptors (Lipinski definition) is 5. The standard InChI is InChI=1S/C20H17ClFNO4S/c21-16-8-13(9-17-20(16)26-7-1-6-25-17)11-28(24)12-19-23-10-18(27-19)14-2-4-15(22)5-3-14/h2-5,8-10H,1,6-7,11-12H2/t28-/m0/s1. The van der Waals surface area contributed by atoms with Gasteiger partial charge in [-0.3, -0.25) is 4.21 Å². The van der Waals surface area contributed by atoms with Crippen molar-refractivity contribution in [1.29, 1.82) is 0 Å². The fourth-order valence-electron chi connectivity index (χ4n) is 2.87. The number of nitrogens with zero attached hydrogens (tertiary/aromatic N) is 1. The van der Waals surface area contributed by atoms with Gasteiger partial charge < -0.3 is 13.9 Å². The molecule has 2 aromatic carbocycles. The number of aromatic nitrogens is 1. The van der Waals surface area contributed by atoms with Crippen molar-refractivity contribution in [3.8, 4) is 22.8 Å². The van der Waals surface area contributed by atoms with Gasteiger partial charge in [0.25, 0.3) is 0 Å². The van der Waals surface area contributed by atoms with Gasteiger partial charge in [-0.1, -0.05) is 11.6 Å². The van der Waals surface area contributed by atoms with Crippen LogP contribution in [-0.2, 0) is 22.3 Å². The second-order valence-electron chi connectivity index (χ2n) is 6.31. The van der Waals surface area contributed by atoms with Gasteiger partial charge in [-0.05, 0) is 42.0 Å². The molecule has 146 valence electrons. The molecule has 0 bridgehead atoms. The SMILES string of the molecule is O=[S@@](Cc1cc(Cl)c2c(c1)OCCCO2)Cc1ncc(-c2ccc(F)cc2)o1. The Bertz CT molecular complexity index is 1010. The normalized spacial score (nSPS) is 14.5. The smallest absolute Gasteiger partial charge is 0.207 e. The van der Waals surface area contributed by atoms with Crippen LogP contribution < -0.4 is 9.47 Å². The highest BCUT2D eigenvalue weighted by Gasteiger charge is 2.17. The number of benzene rings is 2. The minimum absolute atomic E-state index is 0.160. The summed E-state index contributed by atoms with van der Waals surface area (Å²) in [5.74, 6) is 2.09. The summed E-state index contributed by atoms with van der Waals surface area (Å²) in [5, 5.41) is 0.445. The van der Waals surface area contributed by atoms with Crippen molar-refractivity contribution >= 4 is 22.4 Å². The van der Waals surface area contributed by atoms with Crippen molar-refractivity contribution < 1.29 is 22.5 Å². The maximum absolute atomic E-state index is 13.0. The van der Waals surface area contributed by atoms with Gasteiger partial charge >= 0.3 is 0 Å². The molecule has 3 aromatic rings. The molecule has 4 rings (SSSR count). The quantitative estimate of drug-likeness (QED) is 0.595. The van der Waals surface area contributed by atoms with Gasteiger partial charge in [0, 0.05) is 28.5 Å². The minimum atomic E-state index is -1.25. The average molecular weight is 422 g/mol. The van der Waals surface area contributed by atoms with E-state index in [-0.39, 0.29) is 17.3 Å². The van der Waals surface area contributed by atoms with Crippen molar-refractivity contribution in [1.82, 2.24) is 4.98 Å². The molecule has 0 aliphatic carbocycles. The van der Waals surface area contributed by atoms with Gasteiger partial charge in [0.2, 0.25) is 5.89 Å². The van der Waals surface area contributed by atoms with Gasteiger partial charge in [-0.25, -0.2) is 9.37 Å². The van der Waals surface area contributed by atoms with Gasteiger partial charge in [0.05, 0.1) is 24.4 Å². The van der Waals surface area contributed by atoms with E-state index in [1.807, 2.05) is 6.07 Å². The Morgan fingerprint density at radius 2 is 1.89 bits per heavy atom. The first kappa shape index (κ1) is 19.0. The lowest BCUT2D eigenvalue weighted by Gasteiger charge is -2.11.